The molecule has 0 saturated heterocycles. The van der Waals surface area contributed by atoms with Gasteiger partial charge in [0.15, 0.2) is 0 Å². The van der Waals surface area contributed by atoms with E-state index in [1.165, 1.54) is 16.7 Å². The lowest BCUT2D eigenvalue weighted by Gasteiger charge is -2.26. The van der Waals surface area contributed by atoms with Crippen molar-refractivity contribution >= 4 is 31.9 Å². The Labute approximate surface area is 142 Å². The van der Waals surface area contributed by atoms with Gasteiger partial charge in [-0.05, 0) is 43.1 Å². The summed E-state index contributed by atoms with van der Waals surface area (Å²) in [4.78, 5) is 0. The van der Waals surface area contributed by atoms with Gasteiger partial charge in [0.05, 0.1) is 12.6 Å². The molecule has 3 rings (SSSR count). The summed E-state index contributed by atoms with van der Waals surface area (Å²) in [6.45, 7) is 0.807. The second-order valence-electron chi connectivity index (χ2n) is 5.18. The summed E-state index contributed by atoms with van der Waals surface area (Å²) >= 11 is 7.18. The quantitative estimate of drug-likeness (QED) is 0.781. The maximum absolute atomic E-state index is 5.96. The van der Waals surface area contributed by atoms with Crippen molar-refractivity contribution in [1.29, 1.82) is 0 Å². The Balaban J connectivity index is 2.08. The second-order valence-corrected chi connectivity index (χ2v) is 6.95. The van der Waals surface area contributed by atoms with Gasteiger partial charge in [-0.25, -0.2) is 0 Å². The topological polar surface area (TPSA) is 21.3 Å². The lowest BCUT2D eigenvalue weighted by atomic mass is 9.94. The van der Waals surface area contributed by atoms with Crippen molar-refractivity contribution < 1.29 is 4.74 Å². The van der Waals surface area contributed by atoms with Crippen molar-refractivity contribution in [1.82, 2.24) is 5.32 Å². The first-order valence-electron chi connectivity index (χ1n) is 7.07. The van der Waals surface area contributed by atoms with E-state index < -0.39 is 0 Å². The Hall–Kier alpha value is -0.840. The number of benzene rings is 2. The average molecular weight is 411 g/mol. The molecule has 110 valence electrons. The van der Waals surface area contributed by atoms with Crippen LogP contribution < -0.4 is 10.1 Å². The molecule has 0 spiro atoms. The van der Waals surface area contributed by atoms with Crippen molar-refractivity contribution in [3.8, 4) is 5.75 Å². The summed E-state index contributed by atoms with van der Waals surface area (Å²) in [7, 11) is 1.99. The highest BCUT2D eigenvalue weighted by molar-refractivity contribution is 9.11. The van der Waals surface area contributed by atoms with Crippen molar-refractivity contribution in [2.45, 2.75) is 18.9 Å². The van der Waals surface area contributed by atoms with E-state index in [4.69, 9.17) is 4.74 Å². The number of aryl methyl sites for hydroxylation is 1. The van der Waals surface area contributed by atoms with Gasteiger partial charge in [-0.3, -0.25) is 0 Å². The normalized spacial score (nSPS) is 15.2. The van der Waals surface area contributed by atoms with Crippen LogP contribution in [0.15, 0.2) is 45.3 Å². The molecule has 0 saturated carbocycles. The van der Waals surface area contributed by atoms with Gasteiger partial charge in [0.1, 0.15) is 5.75 Å². The van der Waals surface area contributed by atoms with Crippen molar-refractivity contribution in [2.24, 2.45) is 0 Å². The van der Waals surface area contributed by atoms with E-state index >= 15 is 0 Å². The number of hydrogen-bond donors (Lipinski definition) is 1. The number of para-hydroxylation sites is 1. The molecule has 2 aromatic carbocycles. The lowest BCUT2D eigenvalue weighted by Crippen LogP contribution is -2.21. The summed E-state index contributed by atoms with van der Waals surface area (Å²) in [5, 5.41) is 3.42. The Bertz CT molecular complexity index is 657. The summed E-state index contributed by atoms with van der Waals surface area (Å²) in [5.74, 6) is 1.05. The van der Waals surface area contributed by atoms with Crippen LogP contribution in [-0.4, -0.2) is 13.7 Å². The van der Waals surface area contributed by atoms with E-state index in [9.17, 15) is 0 Å². The van der Waals surface area contributed by atoms with Gasteiger partial charge in [-0.2, -0.15) is 0 Å². The maximum atomic E-state index is 5.96. The number of fused-ring (bicyclic) bond motifs is 1. The zero-order valence-corrected chi connectivity index (χ0v) is 15.0. The third-order valence-electron chi connectivity index (χ3n) is 3.84. The zero-order chi connectivity index (χ0) is 14.8. The van der Waals surface area contributed by atoms with E-state index in [1.54, 1.807) is 0 Å². The van der Waals surface area contributed by atoms with Crippen LogP contribution in [0.2, 0.25) is 0 Å². The average Bonchev–Trinajstić information content (AvgIpc) is 2.50. The van der Waals surface area contributed by atoms with Crippen LogP contribution >= 0.6 is 31.9 Å². The largest absolute Gasteiger partial charge is 0.493 e. The Morgan fingerprint density at radius 3 is 2.76 bits per heavy atom. The first-order chi connectivity index (χ1) is 10.2. The van der Waals surface area contributed by atoms with Crippen LogP contribution in [0.3, 0.4) is 0 Å². The highest BCUT2D eigenvalue weighted by Crippen LogP contribution is 2.38. The predicted octanol–water partition coefficient (Wildman–Crippen LogP) is 4.85. The maximum Gasteiger partial charge on any atom is 0.127 e. The highest BCUT2D eigenvalue weighted by Gasteiger charge is 2.22. The molecule has 21 heavy (non-hydrogen) atoms. The number of rotatable bonds is 3. The van der Waals surface area contributed by atoms with Crippen LogP contribution in [0, 0.1) is 0 Å². The fraction of sp³-hybridized carbons (Fsp3) is 0.294. The van der Waals surface area contributed by atoms with E-state index in [2.05, 4.69) is 73.6 Å². The summed E-state index contributed by atoms with van der Waals surface area (Å²) in [6.07, 6.45) is 2.20. The predicted molar refractivity (Wildman–Crippen MR) is 93.0 cm³/mol. The standard InChI is InChI=1S/C17H17Br2NO/c1-20-16(13-8-7-12(18)10-15(13)19)14-6-2-4-11-5-3-9-21-17(11)14/h2,4,6-8,10,16,20H,3,5,9H2,1H3. The molecular weight excluding hydrogens is 394 g/mol. The van der Waals surface area contributed by atoms with Crippen LogP contribution in [0.5, 0.6) is 5.75 Å². The third-order valence-corrected chi connectivity index (χ3v) is 5.02. The molecule has 1 N–H and O–H groups in total. The van der Waals surface area contributed by atoms with Gasteiger partial charge in [-0.15, -0.1) is 0 Å². The highest BCUT2D eigenvalue weighted by atomic mass is 79.9. The van der Waals surface area contributed by atoms with Gasteiger partial charge >= 0.3 is 0 Å². The molecule has 0 radical (unpaired) electrons. The molecule has 0 amide bonds. The van der Waals surface area contributed by atoms with Gasteiger partial charge in [-0.1, -0.05) is 56.1 Å². The number of ether oxygens (including phenoxy) is 1. The number of nitrogens with one attached hydrogen (secondary N) is 1. The van der Waals surface area contributed by atoms with E-state index in [0.29, 0.717) is 0 Å². The summed E-state index contributed by atoms with van der Waals surface area (Å²) in [6, 6.07) is 12.8. The van der Waals surface area contributed by atoms with Gasteiger partial charge < -0.3 is 10.1 Å². The number of halogens is 2. The van der Waals surface area contributed by atoms with Crippen LogP contribution in [-0.2, 0) is 6.42 Å². The minimum atomic E-state index is 0.112. The molecule has 0 fully saturated rings. The van der Waals surface area contributed by atoms with E-state index in [-0.39, 0.29) is 6.04 Å². The minimum absolute atomic E-state index is 0.112. The zero-order valence-electron chi connectivity index (χ0n) is 11.8. The lowest BCUT2D eigenvalue weighted by molar-refractivity contribution is 0.283. The molecule has 1 aliphatic heterocycles. The third kappa shape index (κ3) is 3.03. The molecule has 1 heterocycles. The second kappa shape index (κ2) is 6.51. The Kier molecular flexibility index (Phi) is 4.67. The first kappa shape index (κ1) is 15.1. The molecule has 2 nitrogen and oxygen atoms in total. The minimum Gasteiger partial charge on any atom is -0.493 e. The van der Waals surface area contributed by atoms with Crippen molar-refractivity contribution in [3.63, 3.8) is 0 Å². The van der Waals surface area contributed by atoms with Crippen LogP contribution in [0.1, 0.15) is 29.2 Å². The van der Waals surface area contributed by atoms with Crippen LogP contribution in [0.4, 0.5) is 0 Å². The molecule has 0 aliphatic carbocycles. The fourth-order valence-corrected chi connectivity index (χ4v) is 4.13. The molecule has 2 aromatic rings. The molecule has 4 heteroatoms. The molecule has 1 atom stereocenters. The summed E-state index contributed by atoms with van der Waals surface area (Å²) in [5.41, 5.74) is 3.73. The van der Waals surface area contributed by atoms with Crippen molar-refractivity contribution in [2.75, 3.05) is 13.7 Å². The molecule has 0 bridgehead atoms. The van der Waals surface area contributed by atoms with E-state index in [1.807, 2.05) is 7.05 Å². The van der Waals surface area contributed by atoms with Gasteiger partial charge in [0, 0.05) is 14.5 Å². The van der Waals surface area contributed by atoms with Gasteiger partial charge in [0.25, 0.3) is 0 Å². The van der Waals surface area contributed by atoms with E-state index in [0.717, 1.165) is 34.1 Å². The van der Waals surface area contributed by atoms with Crippen LogP contribution in [0.25, 0.3) is 0 Å². The van der Waals surface area contributed by atoms with Gasteiger partial charge in [0.2, 0.25) is 0 Å². The monoisotopic (exact) mass is 409 g/mol. The molecule has 1 aliphatic rings. The first-order valence-corrected chi connectivity index (χ1v) is 8.66. The fourth-order valence-electron chi connectivity index (χ4n) is 2.86. The smallest absolute Gasteiger partial charge is 0.127 e. The Morgan fingerprint density at radius 1 is 1.14 bits per heavy atom. The number of hydrogen-bond acceptors (Lipinski definition) is 2. The SMILES string of the molecule is CNC(c1ccc(Br)cc1Br)c1cccc2c1OCCC2. The molecular formula is C17H17Br2NO. The summed E-state index contributed by atoms with van der Waals surface area (Å²) < 4.78 is 8.11. The van der Waals surface area contributed by atoms with Crippen molar-refractivity contribution in [3.05, 3.63) is 62.0 Å². The molecule has 0 aromatic heterocycles. The Morgan fingerprint density at radius 2 is 2.00 bits per heavy atom. The molecule has 1 unspecified atom stereocenters.